The summed E-state index contributed by atoms with van der Waals surface area (Å²) in [6.45, 7) is 5.12. The summed E-state index contributed by atoms with van der Waals surface area (Å²) in [5, 5.41) is 23.3. The van der Waals surface area contributed by atoms with Gasteiger partial charge in [0, 0.05) is 25.8 Å². The maximum atomic E-state index is 14.1. The highest BCUT2D eigenvalue weighted by Crippen LogP contribution is 2.21. The first kappa shape index (κ1) is 47.0. The fraction of sp³-hybridized carbons (Fsp3) is 0.354. The lowest BCUT2D eigenvalue weighted by atomic mass is 10.0. The molecule has 0 aliphatic carbocycles. The monoisotopic (exact) mass is 860 g/mol. The maximum absolute atomic E-state index is 14.1. The van der Waals surface area contributed by atoms with Gasteiger partial charge in [-0.1, -0.05) is 135 Å². The molecule has 4 aromatic carbocycles. The fourth-order valence-electron chi connectivity index (χ4n) is 7.27. The molecule has 1 saturated heterocycles. The number of nitrogens with one attached hydrogen (secondary N) is 5. The Morgan fingerprint density at radius 2 is 1.05 bits per heavy atom. The zero-order valence-corrected chi connectivity index (χ0v) is 35.7. The third-order valence-corrected chi connectivity index (χ3v) is 10.7. The molecule has 1 aliphatic rings. The summed E-state index contributed by atoms with van der Waals surface area (Å²) in [5.74, 6) is -4.79. The Morgan fingerprint density at radius 1 is 0.587 bits per heavy atom. The molecule has 0 aromatic heterocycles. The summed E-state index contributed by atoms with van der Waals surface area (Å²) >= 11 is 0. The maximum Gasteiger partial charge on any atom is 0.408 e. The van der Waals surface area contributed by atoms with Crippen LogP contribution in [0.25, 0.3) is 0 Å². The molecule has 0 unspecified atom stereocenters. The van der Waals surface area contributed by atoms with Gasteiger partial charge in [-0.2, -0.15) is 0 Å². The van der Waals surface area contributed by atoms with Crippen LogP contribution >= 0.6 is 0 Å². The van der Waals surface area contributed by atoms with E-state index in [4.69, 9.17) is 4.74 Å². The summed E-state index contributed by atoms with van der Waals surface area (Å²) in [6, 6.07) is 29.2. The van der Waals surface area contributed by atoms with E-state index in [0.717, 1.165) is 16.7 Å². The van der Waals surface area contributed by atoms with Crippen molar-refractivity contribution >= 4 is 41.6 Å². The number of carboxylic acid groups (broad SMARTS) is 1. The van der Waals surface area contributed by atoms with Crippen molar-refractivity contribution in [2.24, 2.45) is 5.92 Å². The van der Waals surface area contributed by atoms with Gasteiger partial charge in [-0.15, -0.1) is 0 Å². The smallest absolute Gasteiger partial charge is 0.408 e. The SMILES string of the molecule is CC(C)[C@H](NC(=O)[C@H](C)NC(=O)[C@H](Cc1ccccc1)NC(=O)[C@H](Cc1ccccc1)NC(=O)OCc1ccccc1)C(=O)N1CCC[C@H]1C(=O)N[C@@H](Cc1ccccc1)C(=O)O. The van der Waals surface area contributed by atoms with Crippen LogP contribution in [0.15, 0.2) is 121 Å². The van der Waals surface area contributed by atoms with Crippen molar-refractivity contribution < 1.29 is 43.4 Å². The van der Waals surface area contributed by atoms with Crippen LogP contribution in [0.4, 0.5) is 4.79 Å². The third-order valence-electron chi connectivity index (χ3n) is 10.7. The van der Waals surface area contributed by atoms with Crippen molar-refractivity contribution in [2.75, 3.05) is 6.54 Å². The van der Waals surface area contributed by atoms with Crippen molar-refractivity contribution in [2.45, 2.75) is 95.7 Å². The number of aliphatic carboxylic acids is 1. The molecule has 0 spiro atoms. The highest BCUT2D eigenvalue weighted by molar-refractivity contribution is 5.97. The standard InChI is InChI=1S/C48H56N6O9/c1-31(2)41(46(59)54-26-16-25-40(54)45(58)51-39(47(60)61)29-35-21-12-6-13-22-35)53-42(55)32(3)49-43(56)37(27-33-17-8-4-9-18-33)50-44(57)38(28-34-19-10-5-11-20-34)52-48(62)63-30-36-23-14-7-15-24-36/h4-15,17-24,31-32,37-41H,16,25-30H2,1-3H3,(H,49,56)(H,50,57)(H,51,58)(H,52,62)(H,53,55)(H,60,61)/t32-,37-,38-,39-,40-,41-/m0/s1. The number of nitrogens with zero attached hydrogens (tertiary/aromatic N) is 1. The van der Waals surface area contributed by atoms with Crippen LogP contribution < -0.4 is 26.6 Å². The van der Waals surface area contributed by atoms with Crippen molar-refractivity contribution in [1.82, 2.24) is 31.5 Å². The van der Waals surface area contributed by atoms with E-state index in [1.54, 1.807) is 92.7 Å². The second-order valence-electron chi connectivity index (χ2n) is 15.9. The summed E-state index contributed by atoms with van der Waals surface area (Å²) in [7, 11) is 0. The first-order chi connectivity index (χ1) is 30.3. The Balaban J connectivity index is 1.25. The molecule has 1 aliphatic heterocycles. The van der Waals surface area contributed by atoms with E-state index < -0.39 is 83.8 Å². The number of carbonyl (C=O) groups is 7. The predicted octanol–water partition coefficient (Wildman–Crippen LogP) is 3.70. The van der Waals surface area contributed by atoms with Gasteiger partial charge in [0.25, 0.3) is 0 Å². The van der Waals surface area contributed by atoms with Crippen LogP contribution in [0.5, 0.6) is 0 Å². The number of ether oxygens (including phenoxy) is 1. The Morgan fingerprint density at radius 3 is 1.54 bits per heavy atom. The molecule has 1 heterocycles. The van der Waals surface area contributed by atoms with Crippen molar-refractivity contribution in [3.05, 3.63) is 144 Å². The molecule has 0 saturated carbocycles. The Kier molecular flexibility index (Phi) is 17.4. The molecular formula is C48H56N6O9. The van der Waals surface area contributed by atoms with Crippen LogP contribution in [-0.2, 0) is 59.4 Å². The highest BCUT2D eigenvalue weighted by Gasteiger charge is 2.40. The lowest BCUT2D eigenvalue weighted by molar-refractivity contribution is -0.145. The molecule has 6 atom stereocenters. The Hall–Kier alpha value is -7.03. The van der Waals surface area contributed by atoms with E-state index in [1.807, 2.05) is 42.5 Å². The average Bonchev–Trinajstić information content (AvgIpc) is 3.78. The molecule has 63 heavy (non-hydrogen) atoms. The van der Waals surface area contributed by atoms with Gasteiger partial charge < -0.3 is 41.3 Å². The summed E-state index contributed by atoms with van der Waals surface area (Å²) in [4.78, 5) is 95.8. The number of likely N-dealkylation sites (tertiary alicyclic amines) is 1. The van der Waals surface area contributed by atoms with Crippen LogP contribution in [0.2, 0.25) is 0 Å². The van der Waals surface area contributed by atoms with Crippen LogP contribution in [0, 0.1) is 5.92 Å². The van der Waals surface area contributed by atoms with Crippen molar-refractivity contribution in [3.8, 4) is 0 Å². The Labute approximate surface area is 367 Å². The second-order valence-corrected chi connectivity index (χ2v) is 15.9. The second kappa shape index (κ2) is 23.3. The van der Waals surface area contributed by atoms with Gasteiger partial charge in [-0.25, -0.2) is 9.59 Å². The summed E-state index contributed by atoms with van der Waals surface area (Å²) < 4.78 is 5.41. The third kappa shape index (κ3) is 14.3. The van der Waals surface area contributed by atoms with Crippen LogP contribution in [-0.4, -0.2) is 94.4 Å². The molecule has 0 bridgehead atoms. The van der Waals surface area contributed by atoms with Crippen molar-refractivity contribution in [3.63, 3.8) is 0 Å². The summed E-state index contributed by atoms with van der Waals surface area (Å²) in [5.41, 5.74) is 2.95. The predicted molar refractivity (Wildman–Crippen MR) is 235 cm³/mol. The number of benzene rings is 4. The van der Waals surface area contributed by atoms with Gasteiger partial charge in [0.2, 0.25) is 29.5 Å². The quantitative estimate of drug-likeness (QED) is 0.0764. The fourth-order valence-corrected chi connectivity index (χ4v) is 7.27. The Bertz CT molecular complexity index is 2160. The van der Waals surface area contributed by atoms with Gasteiger partial charge in [0.1, 0.15) is 42.9 Å². The lowest BCUT2D eigenvalue weighted by Crippen LogP contribution is -2.60. The lowest BCUT2D eigenvalue weighted by Gasteiger charge is -2.32. The molecule has 6 N–H and O–H groups in total. The largest absolute Gasteiger partial charge is 0.480 e. The van der Waals surface area contributed by atoms with Gasteiger partial charge in [-0.3, -0.25) is 24.0 Å². The number of hydrogen-bond acceptors (Lipinski definition) is 8. The minimum absolute atomic E-state index is 0.0229. The minimum Gasteiger partial charge on any atom is -0.480 e. The topological polar surface area (TPSA) is 212 Å². The van der Waals surface area contributed by atoms with Gasteiger partial charge in [0.05, 0.1) is 0 Å². The number of carboxylic acids is 1. The van der Waals surface area contributed by atoms with Gasteiger partial charge in [-0.05, 0) is 47.9 Å². The number of carbonyl (C=O) groups excluding carboxylic acids is 6. The van der Waals surface area contributed by atoms with Crippen molar-refractivity contribution in [1.29, 1.82) is 0 Å². The van der Waals surface area contributed by atoms with Crippen LogP contribution in [0.3, 0.4) is 0 Å². The minimum atomic E-state index is -1.22. The molecule has 1 fully saturated rings. The molecule has 4 aromatic rings. The first-order valence-electron chi connectivity index (χ1n) is 21.1. The molecule has 332 valence electrons. The van der Waals surface area contributed by atoms with E-state index in [9.17, 15) is 38.7 Å². The normalized spacial score (nSPS) is 15.7. The van der Waals surface area contributed by atoms with Gasteiger partial charge in [0.15, 0.2) is 0 Å². The number of hydrogen-bond donors (Lipinski definition) is 6. The van der Waals surface area contributed by atoms with E-state index in [-0.39, 0.29) is 32.4 Å². The van der Waals surface area contributed by atoms with E-state index >= 15 is 0 Å². The zero-order chi connectivity index (χ0) is 45.3. The summed E-state index contributed by atoms with van der Waals surface area (Å²) in [6.07, 6.45) is 0.169. The van der Waals surface area contributed by atoms with E-state index in [0.29, 0.717) is 18.4 Å². The number of amides is 6. The average molecular weight is 861 g/mol. The molecule has 6 amide bonds. The first-order valence-corrected chi connectivity index (χ1v) is 21.1. The van der Waals surface area contributed by atoms with E-state index in [2.05, 4.69) is 26.6 Å². The number of alkyl carbamates (subject to hydrolysis) is 1. The molecular weight excluding hydrogens is 805 g/mol. The molecule has 5 rings (SSSR count). The molecule has 15 nitrogen and oxygen atoms in total. The number of rotatable bonds is 20. The van der Waals surface area contributed by atoms with E-state index in [1.165, 1.54) is 11.8 Å². The highest BCUT2D eigenvalue weighted by atomic mass is 16.5. The molecule has 15 heteroatoms. The van der Waals surface area contributed by atoms with Gasteiger partial charge >= 0.3 is 12.1 Å². The zero-order valence-electron chi connectivity index (χ0n) is 35.7. The molecule has 0 radical (unpaired) electrons. The van der Waals surface area contributed by atoms with Crippen LogP contribution in [0.1, 0.15) is 55.9 Å².